The largest absolute Gasteiger partial charge is 0.393 e. The number of para-hydroxylation sites is 1. The van der Waals surface area contributed by atoms with Gasteiger partial charge in [-0.15, -0.1) is 0 Å². The lowest BCUT2D eigenvalue weighted by atomic mass is 10.1. The molecule has 1 aromatic rings. The molecule has 0 spiro atoms. The van der Waals surface area contributed by atoms with Gasteiger partial charge in [0, 0.05) is 18.8 Å². The topological polar surface area (TPSA) is 23.5 Å². The zero-order valence-corrected chi connectivity index (χ0v) is 8.77. The summed E-state index contributed by atoms with van der Waals surface area (Å²) in [5.74, 6) is 0. The molecule has 76 valence electrons. The van der Waals surface area contributed by atoms with Crippen LogP contribution in [0.25, 0.3) is 0 Å². The summed E-state index contributed by atoms with van der Waals surface area (Å²) >= 11 is 0. The molecule has 1 aromatic carbocycles. The lowest BCUT2D eigenvalue weighted by molar-refractivity contribution is 0.175. The Balaban J connectivity index is 2.17. The fourth-order valence-electron chi connectivity index (χ4n) is 2.25. The molecule has 2 nitrogen and oxygen atoms in total. The van der Waals surface area contributed by atoms with Crippen LogP contribution in [0.2, 0.25) is 0 Å². The average molecular weight is 191 g/mol. The summed E-state index contributed by atoms with van der Waals surface area (Å²) < 4.78 is 0. The molecule has 1 aliphatic heterocycles. The molecule has 2 rings (SSSR count). The highest BCUT2D eigenvalue weighted by Crippen LogP contribution is 2.32. The van der Waals surface area contributed by atoms with Crippen LogP contribution in [0.15, 0.2) is 24.3 Å². The Morgan fingerprint density at radius 3 is 2.86 bits per heavy atom. The molecule has 0 fully saturated rings. The van der Waals surface area contributed by atoms with Crippen molar-refractivity contribution in [3.8, 4) is 0 Å². The van der Waals surface area contributed by atoms with Crippen LogP contribution in [0.4, 0.5) is 5.69 Å². The second-order valence-corrected chi connectivity index (χ2v) is 4.18. The zero-order valence-electron chi connectivity index (χ0n) is 8.77. The Morgan fingerprint density at radius 1 is 1.50 bits per heavy atom. The number of anilines is 1. The van der Waals surface area contributed by atoms with Gasteiger partial charge in [-0.1, -0.05) is 18.2 Å². The number of hydrogen-bond acceptors (Lipinski definition) is 2. The minimum Gasteiger partial charge on any atom is -0.393 e. The first-order valence-electron chi connectivity index (χ1n) is 5.17. The number of hydrogen-bond donors (Lipinski definition) is 1. The molecule has 14 heavy (non-hydrogen) atoms. The van der Waals surface area contributed by atoms with Crippen LogP contribution in [0.5, 0.6) is 0 Å². The van der Waals surface area contributed by atoms with Crippen LogP contribution in [0.3, 0.4) is 0 Å². The van der Waals surface area contributed by atoms with E-state index in [1.54, 1.807) is 0 Å². The predicted octanol–water partition coefficient (Wildman–Crippen LogP) is 1.82. The third-order valence-corrected chi connectivity index (χ3v) is 2.99. The molecule has 2 atom stereocenters. The number of aliphatic hydroxyl groups is 1. The van der Waals surface area contributed by atoms with Crippen molar-refractivity contribution in [1.29, 1.82) is 0 Å². The molecule has 0 saturated heterocycles. The van der Waals surface area contributed by atoms with Crippen LogP contribution in [-0.2, 0) is 6.42 Å². The van der Waals surface area contributed by atoms with E-state index in [2.05, 4.69) is 36.2 Å². The minimum absolute atomic E-state index is 0.211. The van der Waals surface area contributed by atoms with Crippen LogP contribution >= 0.6 is 0 Å². The van der Waals surface area contributed by atoms with E-state index in [-0.39, 0.29) is 6.10 Å². The monoisotopic (exact) mass is 191 g/mol. The van der Waals surface area contributed by atoms with Gasteiger partial charge in [-0.25, -0.2) is 0 Å². The van der Waals surface area contributed by atoms with Crippen molar-refractivity contribution in [2.45, 2.75) is 31.9 Å². The van der Waals surface area contributed by atoms with Gasteiger partial charge in [0.2, 0.25) is 0 Å². The van der Waals surface area contributed by atoms with Gasteiger partial charge in [-0.3, -0.25) is 0 Å². The standard InChI is InChI=1S/C12H17NO/c1-9(14)7-11-8-10-5-3-4-6-12(10)13(11)2/h3-6,9,11,14H,7-8H2,1-2H3. The molecular formula is C12H17NO. The molecule has 0 radical (unpaired) electrons. The van der Waals surface area contributed by atoms with Crippen molar-refractivity contribution >= 4 is 5.69 Å². The number of aliphatic hydroxyl groups excluding tert-OH is 1. The highest BCUT2D eigenvalue weighted by atomic mass is 16.3. The van der Waals surface area contributed by atoms with E-state index in [0.717, 1.165) is 12.8 Å². The number of likely N-dealkylation sites (N-methyl/N-ethyl adjacent to an activating group) is 1. The van der Waals surface area contributed by atoms with Gasteiger partial charge in [0.1, 0.15) is 0 Å². The van der Waals surface area contributed by atoms with Gasteiger partial charge >= 0.3 is 0 Å². The van der Waals surface area contributed by atoms with Crippen molar-refractivity contribution in [2.24, 2.45) is 0 Å². The maximum atomic E-state index is 9.38. The second-order valence-electron chi connectivity index (χ2n) is 4.18. The maximum absolute atomic E-state index is 9.38. The van der Waals surface area contributed by atoms with Gasteiger partial charge < -0.3 is 10.0 Å². The van der Waals surface area contributed by atoms with Crippen molar-refractivity contribution in [1.82, 2.24) is 0 Å². The quantitative estimate of drug-likeness (QED) is 0.770. The van der Waals surface area contributed by atoms with E-state index in [4.69, 9.17) is 0 Å². The Kier molecular flexibility index (Phi) is 2.46. The molecule has 2 unspecified atom stereocenters. The smallest absolute Gasteiger partial charge is 0.0531 e. The summed E-state index contributed by atoms with van der Waals surface area (Å²) in [7, 11) is 2.11. The highest BCUT2D eigenvalue weighted by molar-refractivity contribution is 5.58. The minimum atomic E-state index is -0.211. The molecule has 0 aliphatic carbocycles. The molecule has 0 saturated carbocycles. The first-order valence-corrected chi connectivity index (χ1v) is 5.17. The third kappa shape index (κ3) is 1.62. The molecule has 1 heterocycles. The van der Waals surface area contributed by atoms with Crippen molar-refractivity contribution in [2.75, 3.05) is 11.9 Å². The van der Waals surface area contributed by atoms with Crippen LogP contribution in [0, 0.1) is 0 Å². The Labute approximate surface area is 85.2 Å². The van der Waals surface area contributed by atoms with E-state index in [0.29, 0.717) is 6.04 Å². The molecule has 1 aliphatic rings. The Morgan fingerprint density at radius 2 is 2.21 bits per heavy atom. The molecule has 1 N–H and O–H groups in total. The first-order chi connectivity index (χ1) is 6.68. The molecule has 0 amide bonds. The summed E-state index contributed by atoms with van der Waals surface area (Å²) in [4.78, 5) is 2.28. The average Bonchev–Trinajstić information content (AvgIpc) is 2.44. The number of rotatable bonds is 2. The van der Waals surface area contributed by atoms with E-state index in [1.807, 2.05) is 6.92 Å². The fraction of sp³-hybridized carbons (Fsp3) is 0.500. The van der Waals surface area contributed by atoms with Crippen LogP contribution in [0.1, 0.15) is 18.9 Å². The normalized spacial score (nSPS) is 22.2. The van der Waals surface area contributed by atoms with E-state index in [9.17, 15) is 5.11 Å². The lowest BCUT2D eigenvalue weighted by Gasteiger charge is -2.23. The first kappa shape index (κ1) is 9.53. The number of benzene rings is 1. The van der Waals surface area contributed by atoms with E-state index in [1.165, 1.54) is 11.3 Å². The SMILES string of the molecule is CC(O)CC1Cc2ccccc2N1C. The lowest BCUT2D eigenvalue weighted by Crippen LogP contribution is -2.30. The van der Waals surface area contributed by atoms with Crippen molar-refractivity contribution in [3.63, 3.8) is 0 Å². The summed E-state index contributed by atoms with van der Waals surface area (Å²) in [5, 5.41) is 9.38. The number of nitrogens with zero attached hydrogens (tertiary/aromatic N) is 1. The van der Waals surface area contributed by atoms with Gasteiger partial charge in [-0.05, 0) is 31.4 Å². The third-order valence-electron chi connectivity index (χ3n) is 2.99. The maximum Gasteiger partial charge on any atom is 0.0531 e. The van der Waals surface area contributed by atoms with E-state index < -0.39 is 0 Å². The fourth-order valence-corrected chi connectivity index (χ4v) is 2.25. The molecule has 2 heteroatoms. The number of fused-ring (bicyclic) bond motifs is 1. The highest BCUT2D eigenvalue weighted by Gasteiger charge is 2.26. The van der Waals surface area contributed by atoms with Gasteiger partial charge in [0.05, 0.1) is 6.10 Å². The van der Waals surface area contributed by atoms with Gasteiger partial charge in [-0.2, -0.15) is 0 Å². The molecule has 0 bridgehead atoms. The van der Waals surface area contributed by atoms with Crippen LogP contribution < -0.4 is 4.90 Å². The van der Waals surface area contributed by atoms with Crippen molar-refractivity contribution < 1.29 is 5.11 Å². The Hall–Kier alpha value is -1.02. The summed E-state index contributed by atoms with van der Waals surface area (Å²) in [6.07, 6.45) is 1.71. The summed E-state index contributed by atoms with van der Waals surface area (Å²) in [6, 6.07) is 8.94. The van der Waals surface area contributed by atoms with Crippen molar-refractivity contribution in [3.05, 3.63) is 29.8 Å². The Bertz CT molecular complexity index is 322. The molecular weight excluding hydrogens is 174 g/mol. The zero-order chi connectivity index (χ0) is 10.1. The van der Waals surface area contributed by atoms with Gasteiger partial charge in [0.25, 0.3) is 0 Å². The van der Waals surface area contributed by atoms with Crippen LogP contribution in [-0.4, -0.2) is 24.3 Å². The summed E-state index contributed by atoms with van der Waals surface area (Å²) in [6.45, 7) is 1.86. The predicted molar refractivity (Wildman–Crippen MR) is 58.6 cm³/mol. The van der Waals surface area contributed by atoms with Gasteiger partial charge in [0.15, 0.2) is 0 Å². The second kappa shape index (κ2) is 3.62. The molecule has 0 aromatic heterocycles. The summed E-state index contributed by atoms with van der Waals surface area (Å²) in [5.41, 5.74) is 2.72. The van der Waals surface area contributed by atoms with E-state index >= 15 is 0 Å².